The fraction of sp³-hybridized carbons (Fsp3) is 0. The first-order valence-corrected chi connectivity index (χ1v) is 4.41. The summed E-state index contributed by atoms with van der Waals surface area (Å²) in [5, 5.41) is 7.08. The predicted molar refractivity (Wildman–Crippen MR) is 57.6 cm³/mol. The maximum Gasteiger partial charge on any atom is 0.0346 e. The molecule has 0 aliphatic heterocycles. The molecule has 0 radical (unpaired) electrons. The summed E-state index contributed by atoms with van der Waals surface area (Å²) < 4.78 is 0. The smallest absolute Gasteiger partial charge is 0.0346 e. The number of rotatable bonds is 2. The number of benzene rings is 1. The lowest BCUT2D eigenvalue weighted by molar-refractivity contribution is 1.33. The molecule has 0 aliphatic carbocycles. The molecular formula is C12H10N2. The largest absolute Gasteiger partial charge is 0.308 e. The van der Waals surface area contributed by atoms with Crippen molar-refractivity contribution in [3.05, 3.63) is 54.4 Å². The van der Waals surface area contributed by atoms with E-state index in [0.717, 1.165) is 16.7 Å². The van der Waals surface area contributed by atoms with Crippen molar-refractivity contribution in [2.75, 3.05) is 0 Å². The van der Waals surface area contributed by atoms with Crippen molar-refractivity contribution in [1.29, 1.82) is 5.41 Å². The molecule has 14 heavy (non-hydrogen) atoms. The highest BCUT2D eigenvalue weighted by atomic mass is 14.6. The Morgan fingerprint density at radius 1 is 1.00 bits per heavy atom. The fourth-order valence-corrected chi connectivity index (χ4v) is 1.31. The third-order valence-electron chi connectivity index (χ3n) is 2.07. The van der Waals surface area contributed by atoms with Gasteiger partial charge in [-0.1, -0.05) is 30.3 Å². The summed E-state index contributed by atoms with van der Waals surface area (Å²) in [6.45, 7) is 0. The van der Waals surface area contributed by atoms with Crippen molar-refractivity contribution in [1.82, 2.24) is 4.98 Å². The zero-order valence-electron chi connectivity index (χ0n) is 7.64. The first-order valence-electron chi connectivity index (χ1n) is 4.41. The van der Waals surface area contributed by atoms with E-state index in [1.54, 1.807) is 6.20 Å². The zero-order valence-corrected chi connectivity index (χ0v) is 7.64. The first-order chi connectivity index (χ1) is 6.90. The van der Waals surface area contributed by atoms with Crippen LogP contribution in [0.3, 0.4) is 0 Å². The average molecular weight is 182 g/mol. The van der Waals surface area contributed by atoms with E-state index in [1.807, 2.05) is 42.6 Å². The van der Waals surface area contributed by atoms with Crippen LogP contribution in [-0.4, -0.2) is 11.2 Å². The van der Waals surface area contributed by atoms with Crippen molar-refractivity contribution in [3.63, 3.8) is 0 Å². The molecule has 0 amide bonds. The second-order valence-corrected chi connectivity index (χ2v) is 3.01. The van der Waals surface area contributed by atoms with Gasteiger partial charge in [0.05, 0.1) is 0 Å². The molecule has 0 aliphatic rings. The van der Waals surface area contributed by atoms with Crippen molar-refractivity contribution in [3.8, 4) is 11.1 Å². The number of pyridine rings is 1. The van der Waals surface area contributed by atoms with Gasteiger partial charge >= 0.3 is 0 Å². The maximum absolute atomic E-state index is 7.08. The Morgan fingerprint density at radius 3 is 2.36 bits per heavy atom. The Labute approximate surface area is 82.8 Å². The van der Waals surface area contributed by atoms with Crippen LogP contribution >= 0.6 is 0 Å². The molecule has 1 heterocycles. The molecule has 0 fully saturated rings. The van der Waals surface area contributed by atoms with Crippen molar-refractivity contribution >= 4 is 6.21 Å². The standard InChI is InChI=1S/C12H10N2/c13-8-10-3-5-11(6-4-10)12-2-1-7-14-9-12/h1-9,13H. The van der Waals surface area contributed by atoms with E-state index in [-0.39, 0.29) is 0 Å². The molecule has 2 heteroatoms. The second-order valence-electron chi connectivity index (χ2n) is 3.01. The first kappa shape index (κ1) is 8.63. The highest BCUT2D eigenvalue weighted by Gasteiger charge is 1.95. The average Bonchev–Trinajstić information content (AvgIpc) is 2.30. The van der Waals surface area contributed by atoms with Crippen LogP contribution in [0, 0.1) is 5.41 Å². The van der Waals surface area contributed by atoms with Gasteiger partial charge in [0.25, 0.3) is 0 Å². The van der Waals surface area contributed by atoms with Crippen molar-refractivity contribution in [2.45, 2.75) is 0 Å². The maximum atomic E-state index is 7.08. The quantitative estimate of drug-likeness (QED) is 0.712. The topological polar surface area (TPSA) is 36.7 Å². The number of hydrogen-bond donors (Lipinski definition) is 1. The van der Waals surface area contributed by atoms with Gasteiger partial charge in [-0.15, -0.1) is 0 Å². The lowest BCUT2D eigenvalue weighted by Crippen LogP contribution is -1.81. The van der Waals surface area contributed by atoms with Crippen LogP contribution in [0.25, 0.3) is 11.1 Å². The van der Waals surface area contributed by atoms with Gasteiger partial charge in [0.1, 0.15) is 0 Å². The Bertz CT molecular complexity index is 418. The highest BCUT2D eigenvalue weighted by Crippen LogP contribution is 2.17. The zero-order chi connectivity index (χ0) is 9.80. The van der Waals surface area contributed by atoms with Gasteiger partial charge in [0, 0.05) is 18.6 Å². The van der Waals surface area contributed by atoms with E-state index >= 15 is 0 Å². The van der Waals surface area contributed by atoms with Crippen LogP contribution in [0.5, 0.6) is 0 Å². The molecule has 0 saturated heterocycles. The Kier molecular flexibility index (Phi) is 2.36. The third kappa shape index (κ3) is 1.69. The van der Waals surface area contributed by atoms with Crippen molar-refractivity contribution in [2.24, 2.45) is 0 Å². The van der Waals surface area contributed by atoms with Gasteiger partial charge in [0.2, 0.25) is 0 Å². The van der Waals surface area contributed by atoms with Gasteiger partial charge in [-0.3, -0.25) is 4.98 Å². The monoisotopic (exact) mass is 182 g/mol. The molecule has 2 aromatic rings. The minimum absolute atomic E-state index is 0.914. The number of nitrogens with one attached hydrogen (secondary N) is 1. The molecule has 2 nitrogen and oxygen atoms in total. The fourth-order valence-electron chi connectivity index (χ4n) is 1.31. The summed E-state index contributed by atoms with van der Waals surface area (Å²) in [7, 11) is 0. The minimum atomic E-state index is 0.914. The summed E-state index contributed by atoms with van der Waals surface area (Å²) in [6, 6.07) is 11.8. The number of hydrogen-bond acceptors (Lipinski definition) is 2. The summed E-state index contributed by atoms with van der Waals surface area (Å²) >= 11 is 0. The molecule has 0 spiro atoms. The summed E-state index contributed by atoms with van der Waals surface area (Å²) in [5.41, 5.74) is 3.14. The molecule has 0 saturated carbocycles. The molecule has 1 aromatic heterocycles. The van der Waals surface area contributed by atoms with Gasteiger partial charge in [0.15, 0.2) is 0 Å². The Morgan fingerprint density at radius 2 is 1.79 bits per heavy atom. The number of aromatic nitrogens is 1. The van der Waals surface area contributed by atoms with E-state index in [0.29, 0.717) is 0 Å². The third-order valence-corrected chi connectivity index (χ3v) is 2.07. The molecule has 1 aromatic carbocycles. The molecular weight excluding hydrogens is 172 g/mol. The van der Waals surface area contributed by atoms with Crippen LogP contribution in [0.1, 0.15) is 5.56 Å². The van der Waals surface area contributed by atoms with Gasteiger partial charge < -0.3 is 5.41 Å². The van der Waals surface area contributed by atoms with Gasteiger partial charge in [-0.2, -0.15) is 0 Å². The Hall–Kier alpha value is -1.96. The molecule has 0 bridgehead atoms. The number of nitrogens with zero attached hydrogens (tertiary/aromatic N) is 1. The molecule has 1 N–H and O–H groups in total. The molecule has 0 atom stereocenters. The SMILES string of the molecule is N=Cc1ccc(-c2cccnc2)cc1. The van der Waals surface area contributed by atoms with Crippen LogP contribution in [0.2, 0.25) is 0 Å². The van der Waals surface area contributed by atoms with E-state index in [1.165, 1.54) is 6.21 Å². The van der Waals surface area contributed by atoms with Crippen LogP contribution in [-0.2, 0) is 0 Å². The molecule has 0 unspecified atom stereocenters. The van der Waals surface area contributed by atoms with Crippen LogP contribution in [0.4, 0.5) is 0 Å². The lowest BCUT2D eigenvalue weighted by Gasteiger charge is -2.00. The normalized spacial score (nSPS) is 9.71. The summed E-state index contributed by atoms with van der Waals surface area (Å²) in [5.74, 6) is 0. The lowest BCUT2D eigenvalue weighted by atomic mass is 10.1. The van der Waals surface area contributed by atoms with Gasteiger partial charge in [-0.25, -0.2) is 0 Å². The molecule has 2 rings (SSSR count). The van der Waals surface area contributed by atoms with Crippen molar-refractivity contribution < 1.29 is 0 Å². The highest BCUT2D eigenvalue weighted by molar-refractivity contribution is 5.78. The summed E-state index contributed by atoms with van der Waals surface area (Å²) in [4.78, 5) is 4.06. The van der Waals surface area contributed by atoms with E-state index < -0.39 is 0 Å². The van der Waals surface area contributed by atoms with E-state index in [9.17, 15) is 0 Å². The van der Waals surface area contributed by atoms with E-state index in [2.05, 4.69) is 4.98 Å². The van der Waals surface area contributed by atoms with E-state index in [4.69, 9.17) is 5.41 Å². The predicted octanol–water partition coefficient (Wildman–Crippen LogP) is 2.75. The summed E-state index contributed by atoms with van der Waals surface area (Å²) in [6.07, 6.45) is 4.93. The molecule has 68 valence electrons. The van der Waals surface area contributed by atoms with Crippen LogP contribution in [0.15, 0.2) is 48.8 Å². The van der Waals surface area contributed by atoms with Gasteiger partial charge in [-0.05, 0) is 22.8 Å². The second kappa shape index (κ2) is 3.83. The minimum Gasteiger partial charge on any atom is -0.308 e. The Balaban J connectivity index is 2.39. The van der Waals surface area contributed by atoms with Crippen LogP contribution < -0.4 is 0 Å².